The Morgan fingerprint density at radius 2 is 2.20 bits per heavy atom. The predicted molar refractivity (Wildman–Crippen MR) is 59.8 cm³/mol. The van der Waals surface area contributed by atoms with E-state index >= 15 is 0 Å². The Kier molecular flexibility index (Phi) is 3.14. The maximum Gasteiger partial charge on any atom is 0.320 e. The van der Waals surface area contributed by atoms with Crippen LogP contribution in [0.5, 0.6) is 0 Å². The molecule has 0 aromatic heterocycles. The second-order valence-electron chi connectivity index (χ2n) is 4.70. The summed E-state index contributed by atoms with van der Waals surface area (Å²) in [7, 11) is 3.87. The lowest BCUT2D eigenvalue weighted by Crippen LogP contribution is -2.39. The zero-order valence-electron chi connectivity index (χ0n) is 9.70. The standard InChI is InChI=1S/C11H21N3O/c1-12-6-7-14-8-10(9-4-3-5-9)13(2)11(14)15/h9-10,12H,3-8H2,1-2H3. The van der Waals surface area contributed by atoms with Gasteiger partial charge in [-0.2, -0.15) is 0 Å². The van der Waals surface area contributed by atoms with Crippen LogP contribution in [0.3, 0.4) is 0 Å². The molecule has 1 aliphatic heterocycles. The van der Waals surface area contributed by atoms with E-state index in [1.165, 1.54) is 19.3 Å². The van der Waals surface area contributed by atoms with E-state index in [2.05, 4.69) is 5.32 Å². The highest BCUT2D eigenvalue weighted by Crippen LogP contribution is 2.34. The van der Waals surface area contributed by atoms with Crippen LogP contribution in [0.25, 0.3) is 0 Å². The molecule has 0 bridgehead atoms. The number of amides is 2. The van der Waals surface area contributed by atoms with Crippen molar-refractivity contribution in [2.45, 2.75) is 25.3 Å². The van der Waals surface area contributed by atoms with E-state index in [0.717, 1.165) is 25.6 Å². The molecule has 4 nitrogen and oxygen atoms in total. The Bertz CT molecular complexity index is 240. The van der Waals surface area contributed by atoms with Crippen molar-refractivity contribution in [2.75, 3.05) is 33.7 Å². The second kappa shape index (κ2) is 4.39. The molecule has 1 N–H and O–H groups in total. The third kappa shape index (κ3) is 1.95. The van der Waals surface area contributed by atoms with E-state index < -0.39 is 0 Å². The third-order valence-corrected chi connectivity index (χ3v) is 3.80. The first-order chi connectivity index (χ1) is 7.24. The molecule has 1 atom stereocenters. The van der Waals surface area contributed by atoms with E-state index in [4.69, 9.17) is 0 Å². The van der Waals surface area contributed by atoms with Crippen molar-refractivity contribution in [1.82, 2.24) is 15.1 Å². The number of carbonyl (C=O) groups is 1. The molecule has 4 heteroatoms. The summed E-state index contributed by atoms with van der Waals surface area (Å²) in [6, 6.07) is 0.685. The van der Waals surface area contributed by atoms with Gasteiger partial charge in [-0.3, -0.25) is 0 Å². The lowest BCUT2D eigenvalue weighted by Gasteiger charge is -2.34. The van der Waals surface area contributed by atoms with Crippen LogP contribution in [0.1, 0.15) is 19.3 Å². The van der Waals surface area contributed by atoms with E-state index in [-0.39, 0.29) is 6.03 Å². The summed E-state index contributed by atoms with van der Waals surface area (Å²) >= 11 is 0. The predicted octanol–water partition coefficient (Wildman–Crippen LogP) is 0.742. The van der Waals surface area contributed by atoms with Crippen LogP contribution >= 0.6 is 0 Å². The molecule has 2 rings (SSSR count). The molecular weight excluding hydrogens is 190 g/mol. The van der Waals surface area contributed by atoms with Crippen LogP contribution in [-0.2, 0) is 0 Å². The average Bonchev–Trinajstić information content (AvgIpc) is 2.41. The lowest BCUT2D eigenvalue weighted by molar-refractivity contribution is 0.164. The monoisotopic (exact) mass is 211 g/mol. The van der Waals surface area contributed by atoms with Gasteiger partial charge in [0, 0.05) is 26.7 Å². The molecule has 2 aliphatic rings. The molecule has 0 aromatic rings. The Balaban J connectivity index is 1.91. The summed E-state index contributed by atoms with van der Waals surface area (Å²) in [6.45, 7) is 2.65. The van der Waals surface area contributed by atoms with Crippen molar-refractivity contribution < 1.29 is 4.79 Å². The second-order valence-corrected chi connectivity index (χ2v) is 4.70. The molecule has 0 radical (unpaired) electrons. The molecular formula is C11H21N3O. The molecule has 0 aromatic carbocycles. The number of nitrogens with zero attached hydrogens (tertiary/aromatic N) is 2. The minimum absolute atomic E-state index is 0.210. The Hall–Kier alpha value is -0.770. The van der Waals surface area contributed by atoms with E-state index in [1.54, 1.807) is 0 Å². The van der Waals surface area contributed by atoms with Crippen molar-refractivity contribution in [3.05, 3.63) is 0 Å². The molecule has 1 saturated carbocycles. The van der Waals surface area contributed by atoms with Crippen molar-refractivity contribution in [3.63, 3.8) is 0 Å². The Morgan fingerprint density at radius 1 is 1.47 bits per heavy atom. The summed E-state index contributed by atoms with van der Waals surface area (Å²) in [6.07, 6.45) is 3.96. The fourth-order valence-electron chi connectivity index (χ4n) is 2.51. The number of rotatable bonds is 4. The normalized spacial score (nSPS) is 27.3. The van der Waals surface area contributed by atoms with Crippen LogP contribution in [0, 0.1) is 5.92 Å². The van der Waals surface area contributed by atoms with E-state index in [1.807, 2.05) is 23.9 Å². The van der Waals surface area contributed by atoms with Gasteiger partial charge in [-0.25, -0.2) is 4.79 Å². The van der Waals surface area contributed by atoms with Crippen LogP contribution in [-0.4, -0.2) is 55.6 Å². The largest absolute Gasteiger partial charge is 0.323 e. The van der Waals surface area contributed by atoms with Crippen molar-refractivity contribution in [3.8, 4) is 0 Å². The zero-order chi connectivity index (χ0) is 10.8. The summed E-state index contributed by atoms with van der Waals surface area (Å²) in [5.74, 6) is 0.763. The van der Waals surface area contributed by atoms with Crippen LogP contribution in [0.2, 0.25) is 0 Å². The highest BCUT2D eigenvalue weighted by atomic mass is 16.2. The summed E-state index contributed by atoms with van der Waals surface area (Å²) < 4.78 is 0. The SMILES string of the molecule is CNCCN1CC(C2CCC2)N(C)C1=O. The molecule has 1 aliphatic carbocycles. The Labute approximate surface area is 91.6 Å². The molecule has 2 amide bonds. The topological polar surface area (TPSA) is 35.6 Å². The van der Waals surface area contributed by atoms with Gasteiger partial charge in [-0.15, -0.1) is 0 Å². The number of nitrogens with one attached hydrogen (secondary N) is 1. The first-order valence-electron chi connectivity index (χ1n) is 5.90. The van der Waals surface area contributed by atoms with Crippen LogP contribution < -0.4 is 5.32 Å². The minimum atomic E-state index is 0.210. The van der Waals surface area contributed by atoms with Crippen LogP contribution in [0.4, 0.5) is 4.79 Å². The zero-order valence-corrected chi connectivity index (χ0v) is 9.70. The lowest BCUT2D eigenvalue weighted by atomic mass is 9.79. The van der Waals surface area contributed by atoms with Gasteiger partial charge in [0.2, 0.25) is 0 Å². The number of likely N-dealkylation sites (N-methyl/N-ethyl adjacent to an activating group) is 2. The molecule has 1 heterocycles. The first-order valence-corrected chi connectivity index (χ1v) is 5.90. The summed E-state index contributed by atoms with van der Waals surface area (Å²) in [4.78, 5) is 15.8. The van der Waals surface area contributed by atoms with Gasteiger partial charge in [-0.1, -0.05) is 6.42 Å². The fraction of sp³-hybridized carbons (Fsp3) is 0.909. The van der Waals surface area contributed by atoms with Gasteiger partial charge >= 0.3 is 6.03 Å². The smallest absolute Gasteiger partial charge is 0.320 e. The number of urea groups is 1. The maximum absolute atomic E-state index is 11.9. The van der Waals surface area contributed by atoms with E-state index in [9.17, 15) is 4.79 Å². The molecule has 15 heavy (non-hydrogen) atoms. The molecule has 86 valence electrons. The van der Waals surface area contributed by atoms with Gasteiger partial charge in [0.25, 0.3) is 0 Å². The molecule has 2 fully saturated rings. The van der Waals surface area contributed by atoms with E-state index in [0.29, 0.717) is 6.04 Å². The van der Waals surface area contributed by atoms with Gasteiger partial charge in [-0.05, 0) is 25.8 Å². The third-order valence-electron chi connectivity index (χ3n) is 3.80. The van der Waals surface area contributed by atoms with Crippen LogP contribution in [0.15, 0.2) is 0 Å². The number of hydrogen-bond acceptors (Lipinski definition) is 2. The van der Waals surface area contributed by atoms with Crippen molar-refractivity contribution >= 4 is 6.03 Å². The molecule has 1 unspecified atom stereocenters. The minimum Gasteiger partial charge on any atom is -0.323 e. The average molecular weight is 211 g/mol. The van der Waals surface area contributed by atoms with Gasteiger partial charge in [0.1, 0.15) is 0 Å². The van der Waals surface area contributed by atoms with Crippen molar-refractivity contribution in [2.24, 2.45) is 5.92 Å². The molecule has 1 saturated heterocycles. The summed E-state index contributed by atoms with van der Waals surface area (Å²) in [5, 5.41) is 3.09. The fourth-order valence-corrected chi connectivity index (χ4v) is 2.51. The first kappa shape index (κ1) is 10.7. The summed E-state index contributed by atoms with van der Waals surface area (Å²) in [5.41, 5.74) is 0. The number of carbonyl (C=O) groups excluding carboxylic acids is 1. The quantitative estimate of drug-likeness (QED) is 0.744. The Morgan fingerprint density at radius 3 is 2.73 bits per heavy atom. The van der Waals surface area contributed by atoms with Crippen molar-refractivity contribution in [1.29, 1.82) is 0 Å². The highest BCUT2D eigenvalue weighted by Gasteiger charge is 2.40. The van der Waals surface area contributed by atoms with Gasteiger partial charge in [0.15, 0.2) is 0 Å². The van der Waals surface area contributed by atoms with Gasteiger partial charge in [0.05, 0.1) is 6.04 Å². The molecule has 0 spiro atoms. The maximum atomic E-state index is 11.9. The highest BCUT2D eigenvalue weighted by molar-refractivity contribution is 5.77. The van der Waals surface area contributed by atoms with Gasteiger partial charge < -0.3 is 15.1 Å². The number of hydrogen-bond donors (Lipinski definition) is 1.